The molecule has 1 aromatic rings. The molecule has 1 rings (SSSR count). The average molecular weight is 274 g/mol. The summed E-state index contributed by atoms with van der Waals surface area (Å²) in [7, 11) is 0. The molecule has 0 aliphatic rings. The Morgan fingerprint density at radius 3 is 2.83 bits per heavy atom. The second kappa shape index (κ2) is 8.30. The second-order valence-electron chi connectivity index (χ2n) is 4.45. The summed E-state index contributed by atoms with van der Waals surface area (Å²) in [6.45, 7) is 4.81. The van der Waals surface area contributed by atoms with Crippen LogP contribution in [0.2, 0.25) is 0 Å². The molecular formula is C14H21ClFNO. The van der Waals surface area contributed by atoms with Crippen LogP contribution in [0.1, 0.15) is 45.1 Å². The molecule has 0 bridgehead atoms. The molecule has 0 aliphatic heterocycles. The Morgan fingerprint density at radius 2 is 2.22 bits per heavy atom. The molecule has 4 heteroatoms. The van der Waals surface area contributed by atoms with Gasteiger partial charge in [0.1, 0.15) is 0 Å². The van der Waals surface area contributed by atoms with Crippen LogP contribution in [0.15, 0.2) is 12.3 Å². The lowest BCUT2D eigenvalue weighted by Gasteiger charge is -2.15. The van der Waals surface area contributed by atoms with E-state index in [4.69, 9.17) is 16.3 Å². The van der Waals surface area contributed by atoms with Gasteiger partial charge in [-0.3, -0.25) is 0 Å². The van der Waals surface area contributed by atoms with E-state index >= 15 is 0 Å². The Morgan fingerprint density at radius 1 is 1.44 bits per heavy atom. The molecule has 0 radical (unpaired) electrons. The van der Waals surface area contributed by atoms with Crippen LogP contribution in [0.4, 0.5) is 4.39 Å². The summed E-state index contributed by atoms with van der Waals surface area (Å²) >= 11 is 5.64. The van der Waals surface area contributed by atoms with Gasteiger partial charge in [0.25, 0.3) is 5.88 Å². The maximum Gasteiger partial charge on any atom is 0.250 e. The van der Waals surface area contributed by atoms with E-state index in [1.807, 2.05) is 0 Å². The summed E-state index contributed by atoms with van der Waals surface area (Å²) < 4.78 is 19.3. The van der Waals surface area contributed by atoms with Gasteiger partial charge >= 0.3 is 0 Å². The van der Waals surface area contributed by atoms with Crippen molar-refractivity contribution < 1.29 is 9.13 Å². The number of alkyl halides is 1. The zero-order valence-corrected chi connectivity index (χ0v) is 11.8. The predicted octanol–water partition coefficient (Wildman–Crippen LogP) is 4.55. The third-order valence-corrected chi connectivity index (χ3v) is 3.37. The number of hydrogen-bond acceptors (Lipinski definition) is 2. The molecule has 0 amide bonds. The van der Waals surface area contributed by atoms with Gasteiger partial charge in [0.2, 0.25) is 0 Å². The van der Waals surface area contributed by atoms with Crippen molar-refractivity contribution in [2.24, 2.45) is 5.92 Å². The lowest BCUT2D eigenvalue weighted by atomic mass is 10.0. The van der Waals surface area contributed by atoms with Crippen LogP contribution in [0.3, 0.4) is 0 Å². The van der Waals surface area contributed by atoms with Crippen LogP contribution in [0, 0.1) is 11.7 Å². The number of unbranched alkanes of at least 4 members (excludes halogenated alkanes) is 1. The third kappa shape index (κ3) is 4.45. The number of pyridine rings is 1. The highest BCUT2D eigenvalue weighted by molar-refractivity contribution is 6.17. The fraction of sp³-hybridized carbons (Fsp3) is 0.643. The van der Waals surface area contributed by atoms with Crippen molar-refractivity contribution in [2.75, 3.05) is 6.61 Å². The highest BCUT2D eigenvalue weighted by Crippen LogP contribution is 2.21. The Hall–Kier alpha value is -0.830. The molecule has 0 saturated carbocycles. The molecule has 0 saturated heterocycles. The van der Waals surface area contributed by atoms with Gasteiger partial charge in [-0.1, -0.05) is 33.1 Å². The van der Waals surface area contributed by atoms with Gasteiger partial charge in [0, 0.05) is 11.8 Å². The van der Waals surface area contributed by atoms with Crippen LogP contribution in [0.5, 0.6) is 5.88 Å². The highest BCUT2D eigenvalue weighted by Gasteiger charge is 2.12. The van der Waals surface area contributed by atoms with E-state index in [-0.39, 0.29) is 11.8 Å². The van der Waals surface area contributed by atoms with E-state index in [0.717, 1.165) is 12.8 Å². The van der Waals surface area contributed by atoms with Crippen molar-refractivity contribution >= 4 is 11.6 Å². The normalized spacial score (nSPS) is 12.4. The van der Waals surface area contributed by atoms with Crippen molar-refractivity contribution in [1.29, 1.82) is 0 Å². The van der Waals surface area contributed by atoms with Crippen molar-refractivity contribution in [1.82, 2.24) is 4.98 Å². The SMILES string of the molecule is CCCCC(CC)COc1nccc(CCl)c1F. The smallest absolute Gasteiger partial charge is 0.250 e. The molecule has 0 aliphatic carbocycles. The lowest BCUT2D eigenvalue weighted by molar-refractivity contribution is 0.216. The maximum absolute atomic E-state index is 13.8. The first kappa shape index (κ1) is 15.2. The average Bonchev–Trinajstić information content (AvgIpc) is 2.40. The summed E-state index contributed by atoms with van der Waals surface area (Å²) in [6, 6.07) is 1.57. The van der Waals surface area contributed by atoms with Crippen LogP contribution >= 0.6 is 11.6 Å². The highest BCUT2D eigenvalue weighted by atomic mass is 35.5. The standard InChI is InChI=1S/C14H21ClFNO/c1-3-5-6-11(4-2)10-18-14-13(16)12(9-15)7-8-17-14/h7-8,11H,3-6,9-10H2,1-2H3. The molecule has 1 unspecified atom stereocenters. The molecule has 18 heavy (non-hydrogen) atoms. The largest absolute Gasteiger partial charge is 0.475 e. The molecule has 102 valence electrons. The van der Waals surface area contributed by atoms with E-state index in [9.17, 15) is 4.39 Å². The zero-order valence-electron chi connectivity index (χ0n) is 11.1. The number of aromatic nitrogens is 1. The Kier molecular flexibility index (Phi) is 7.02. The number of rotatable bonds is 8. The monoisotopic (exact) mass is 273 g/mol. The minimum absolute atomic E-state index is 0.0723. The topological polar surface area (TPSA) is 22.1 Å². The fourth-order valence-corrected chi connectivity index (χ4v) is 1.97. The molecule has 1 aromatic heterocycles. The van der Waals surface area contributed by atoms with Gasteiger partial charge < -0.3 is 4.74 Å². The first-order chi connectivity index (χ1) is 8.72. The molecule has 1 atom stereocenters. The van der Waals surface area contributed by atoms with Gasteiger partial charge in [-0.25, -0.2) is 9.37 Å². The van der Waals surface area contributed by atoms with Gasteiger partial charge in [-0.15, -0.1) is 11.6 Å². The fourth-order valence-electron chi connectivity index (χ4n) is 1.76. The minimum Gasteiger partial charge on any atom is -0.475 e. The number of ether oxygens (including phenoxy) is 1. The number of halogens is 2. The lowest BCUT2D eigenvalue weighted by Crippen LogP contribution is -2.13. The van der Waals surface area contributed by atoms with Crippen molar-refractivity contribution in [3.05, 3.63) is 23.6 Å². The van der Waals surface area contributed by atoms with Crippen molar-refractivity contribution in [3.8, 4) is 5.88 Å². The molecule has 0 spiro atoms. The molecular weight excluding hydrogens is 253 g/mol. The van der Waals surface area contributed by atoms with Crippen LogP contribution in [-0.4, -0.2) is 11.6 Å². The molecule has 0 N–H and O–H groups in total. The quantitative estimate of drug-likeness (QED) is 0.648. The van der Waals surface area contributed by atoms with Gasteiger partial charge in [-0.05, 0) is 18.4 Å². The van der Waals surface area contributed by atoms with Crippen LogP contribution in [0.25, 0.3) is 0 Å². The van der Waals surface area contributed by atoms with E-state index in [1.165, 1.54) is 19.0 Å². The predicted molar refractivity (Wildman–Crippen MR) is 72.6 cm³/mol. The third-order valence-electron chi connectivity index (χ3n) is 3.08. The maximum atomic E-state index is 13.8. The Labute approximate surface area is 114 Å². The molecule has 2 nitrogen and oxygen atoms in total. The minimum atomic E-state index is -0.433. The Bertz CT molecular complexity index is 360. The zero-order chi connectivity index (χ0) is 13.4. The van der Waals surface area contributed by atoms with E-state index in [0.29, 0.717) is 18.1 Å². The molecule has 0 aromatic carbocycles. The van der Waals surface area contributed by atoms with E-state index in [1.54, 1.807) is 6.07 Å². The first-order valence-corrected chi connectivity index (χ1v) is 7.08. The van der Waals surface area contributed by atoms with Gasteiger partial charge in [-0.2, -0.15) is 0 Å². The van der Waals surface area contributed by atoms with Gasteiger partial charge in [0.15, 0.2) is 5.82 Å². The molecule has 1 heterocycles. The van der Waals surface area contributed by atoms with Crippen molar-refractivity contribution in [3.63, 3.8) is 0 Å². The molecule has 0 fully saturated rings. The number of nitrogens with zero attached hydrogens (tertiary/aromatic N) is 1. The first-order valence-electron chi connectivity index (χ1n) is 6.55. The van der Waals surface area contributed by atoms with Gasteiger partial charge in [0.05, 0.1) is 12.5 Å². The number of hydrogen-bond donors (Lipinski definition) is 0. The van der Waals surface area contributed by atoms with Crippen molar-refractivity contribution in [2.45, 2.75) is 45.4 Å². The van der Waals surface area contributed by atoms with Crippen LogP contribution in [-0.2, 0) is 5.88 Å². The Balaban J connectivity index is 2.56. The van der Waals surface area contributed by atoms with Crippen LogP contribution < -0.4 is 4.74 Å². The summed E-state index contributed by atoms with van der Waals surface area (Å²) in [5, 5.41) is 0. The second-order valence-corrected chi connectivity index (χ2v) is 4.72. The summed E-state index contributed by atoms with van der Waals surface area (Å²) in [4.78, 5) is 3.92. The summed E-state index contributed by atoms with van der Waals surface area (Å²) in [6.07, 6.45) is 6.04. The van der Waals surface area contributed by atoms with E-state index < -0.39 is 5.82 Å². The summed E-state index contributed by atoms with van der Waals surface area (Å²) in [5.41, 5.74) is 0.434. The summed E-state index contributed by atoms with van der Waals surface area (Å²) in [5.74, 6) is 0.240. The van der Waals surface area contributed by atoms with E-state index in [2.05, 4.69) is 18.8 Å².